The molecule has 0 bridgehead atoms. The van der Waals surface area contributed by atoms with Crippen molar-refractivity contribution in [1.29, 1.82) is 0 Å². The zero-order valence-corrected chi connectivity index (χ0v) is 21.8. The Balaban J connectivity index is 1.21. The third kappa shape index (κ3) is 3.26. The topological polar surface area (TPSA) is 57.3 Å². The summed E-state index contributed by atoms with van der Waals surface area (Å²) in [7, 11) is 1.75. The first-order chi connectivity index (χ1) is 17.6. The molecule has 3 aromatic heterocycles. The van der Waals surface area contributed by atoms with Crippen molar-refractivity contribution in [2.24, 2.45) is 11.8 Å². The summed E-state index contributed by atoms with van der Waals surface area (Å²) in [6.45, 7) is 3.11. The van der Waals surface area contributed by atoms with Crippen LogP contribution in [0.1, 0.15) is 65.9 Å². The maximum absolute atomic E-state index is 13.8. The van der Waals surface area contributed by atoms with E-state index in [0.717, 1.165) is 53.8 Å². The Morgan fingerprint density at radius 2 is 2.19 bits per heavy atom. The molecule has 0 saturated heterocycles. The van der Waals surface area contributed by atoms with Crippen LogP contribution in [0, 0.1) is 11.8 Å². The fraction of sp³-hybridized carbons (Fsp3) is 0.467. The summed E-state index contributed by atoms with van der Waals surface area (Å²) in [5, 5.41) is 0.903. The van der Waals surface area contributed by atoms with E-state index in [1.165, 1.54) is 34.4 Å². The molecule has 7 rings (SSSR count). The van der Waals surface area contributed by atoms with Crippen LogP contribution in [0.15, 0.2) is 52.1 Å². The molecular formula is C30H32N2O3S. The molecule has 186 valence electrons. The highest BCUT2D eigenvalue weighted by molar-refractivity contribution is 7.18. The number of furan rings is 1. The summed E-state index contributed by atoms with van der Waals surface area (Å²) in [4.78, 5) is 20.9. The molecule has 3 aliphatic carbocycles. The van der Waals surface area contributed by atoms with Crippen molar-refractivity contribution in [3.63, 3.8) is 0 Å². The monoisotopic (exact) mass is 500 g/mol. The number of aromatic nitrogens is 2. The van der Waals surface area contributed by atoms with Crippen LogP contribution in [0.5, 0.6) is 5.75 Å². The van der Waals surface area contributed by atoms with Gasteiger partial charge >= 0.3 is 0 Å². The van der Waals surface area contributed by atoms with E-state index in [4.69, 9.17) is 14.1 Å². The average molecular weight is 501 g/mol. The van der Waals surface area contributed by atoms with Crippen LogP contribution >= 0.6 is 11.3 Å². The van der Waals surface area contributed by atoms with Crippen molar-refractivity contribution in [3.05, 3.63) is 80.6 Å². The van der Waals surface area contributed by atoms with Crippen LogP contribution in [0.2, 0.25) is 0 Å². The smallest absolute Gasteiger partial charge is 0.262 e. The van der Waals surface area contributed by atoms with Crippen molar-refractivity contribution in [2.75, 3.05) is 7.11 Å². The third-order valence-corrected chi connectivity index (χ3v) is 10.6. The number of fused-ring (bicyclic) bond motifs is 9. The lowest BCUT2D eigenvalue weighted by Crippen LogP contribution is -2.43. The number of benzene rings is 1. The van der Waals surface area contributed by atoms with E-state index in [1.807, 2.05) is 16.7 Å². The first kappa shape index (κ1) is 22.3. The molecule has 0 amide bonds. The molecule has 4 atom stereocenters. The fourth-order valence-electron chi connectivity index (χ4n) is 7.75. The van der Waals surface area contributed by atoms with E-state index >= 15 is 0 Å². The number of methoxy groups -OCH3 is 1. The molecule has 1 saturated carbocycles. The summed E-state index contributed by atoms with van der Waals surface area (Å²) >= 11 is 1.77. The molecule has 0 radical (unpaired) electrons. The van der Waals surface area contributed by atoms with Gasteiger partial charge in [-0.25, -0.2) is 4.98 Å². The van der Waals surface area contributed by atoms with Gasteiger partial charge in [-0.15, -0.1) is 11.3 Å². The predicted octanol–water partition coefficient (Wildman–Crippen LogP) is 6.26. The second-order valence-electron chi connectivity index (χ2n) is 11.1. The van der Waals surface area contributed by atoms with Crippen LogP contribution in [0.25, 0.3) is 10.2 Å². The maximum Gasteiger partial charge on any atom is 0.262 e. The minimum atomic E-state index is 0.0624. The van der Waals surface area contributed by atoms with Crippen molar-refractivity contribution >= 4 is 21.6 Å². The maximum atomic E-state index is 13.8. The van der Waals surface area contributed by atoms with Gasteiger partial charge in [0.25, 0.3) is 5.56 Å². The Morgan fingerprint density at radius 3 is 3.03 bits per heavy atom. The number of hydrogen-bond acceptors (Lipinski definition) is 5. The van der Waals surface area contributed by atoms with Gasteiger partial charge in [-0.3, -0.25) is 9.36 Å². The lowest BCUT2D eigenvalue weighted by molar-refractivity contribution is 0.106. The quantitative estimate of drug-likeness (QED) is 0.324. The van der Waals surface area contributed by atoms with Crippen LogP contribution in [0.3, 0.4) is 0 Å². The van der Waals surface area contributed by atoms with E-state index in [1.54, 1.807) is 31.0 Å². The number of nitrogens with zero attached hydrogens (tertiary/aromatic N) is 2. The molecule has 0 spiro atoms. The summed E-state index contributed by atoms with van der Waals surface area (Å²) in [5.74, 6) is 3.83. The Bertz CT molecular complexity index is 1500. The SMILES string of the molecule is COc1ccc2c(c1)CC[C@@H]1[C@@H]2CC[C@@]2(C)c3c(sc4ncn(CCCc5ccco5)c(=O)c34)C[C@@H]12. The average Bonchev–Trinajstić information content (AvgIpc) is 3.60. The zero-order valence-electron chi connectivity index (χ0n) is 21.0. The number of thiophene rings is 1. The number of aryl methyl sites for hydroxylation is 3. The third-order valence-electron chi connectivity index (χ3n) is 9.45. The van der Waals surface area contributed by atoms with Crippen LogP contribution in [-0.4, -0.2) is 16.7 Å². The molecule has 1 aromatic carbocycles. The Morgan fingerprint density at radius 1 is 1.28 bits per heavy atom. The molecule has 0 N–H and O–H groups in total. The normalized spacial score (nSPS) is 26.3. The van der Waals surface area contributed by atoms with Gasteiger partial charge in [-0.05, 0) is 103 Å². The van der Waals surface area contributed by atoms with E-state index in [9.17, 15) is 4.79 Å². The van der Waals surface area contributed by atoms with Gasteiger partial charge in [-0.1, -0.05) is 13.0 Å². The molecule has 1 fully saturated rings. The molecule has 0 aliphatic heterocycles. The fourth-order valence-corrected chi connectivity index (χ4v) is 9.08. The van der Waals surface area contributed by atoms with Crippen molar-refractivity contribution < 1.29 is 9.15 Å². The molecule has 5 nitrogen and oxygen atoms in total. The summed E-state index contributed by atoms with van der Waals surface area (Å²) in [5.41, 5.74) is 4.55. The van der Waals surface area contributed by atoms with E-state index in [2.05, 4.69) is 25.1 Å². The highest BCUT2D eigenvalue weighted by Crippen LogP contribution is 2.62. The second-order valence-corrected chi connectivity index (χ2v) is 12.2. The number of ether oxygens (including phenoxy) is 1. The van der Waals surface area contributed by atoms with Crippen molar-refractivity contribution in [2.45, 2.75) is 69.7 Å². The Hall–Kier alpha value is -2.86. The van der Waals surface area contributed by atoms with Crippen LogP contribution < -0.4 is 10.3 Å². The molecule has 0 unspecified atom stereocenters. The second kappa shape index (κ2) is 8.34. The largest absolute Gasteiger partial charge is 0.497 e. The van der Waals surface area contributed by atoms with Gasteiger partial charge in [0.05, 0.1) is 25.1 Å². The van der Waals surface area contributed by atoms with Crippen LogP contribution in [0.4, 0.5) is 0 Å². The summed E-state index contributed by atoms with van der Waals surface area (Å²) < 4.78 is 12.8. The van der Waals surface area contributed by atoms with Crippen molar-refractivity contribution in [1.82, 2.24) is 9.55 Å². The van der Waals surface area contributed by atoms with Crippen molar-refractivity contribution in [3.8, 4) is 5.75 Å². The summed E-state index contributed by atoms with van der Waals surface area (Å²) in [6.07, 6.45) is 10.9. The molecule has 6 heteroatoms. The first-order valence-electron chi connectivity index (χ1n) is 13.3. The highest BCUT2D eigenvalue weighted by atomic mass is 32.1. The highest BCUT2D eigenvalue weighted by Gasteiger charge is 2.54. The van der Waals surface area contributed by atoms with Gasteiger partial charge in [0, 0.05) is 17.8 Å². The lowest BCUT2D eigenvalue weighted by atomic mass is 9.55. The molecule has 4 aromatic rings. The Labute approximate surface area is 215 Å². The summed E-state index contributed by atoms with van der Waals surface area (Å²) in [6, 6.07) is 10.6. The first-order valence-corrected chi connectivity index (χ1v) is 14.1. The molecule has 3 aliphatic rings. The predicted molar refractivity (Wildman–Crippen MR) is 142 cm³/mol. The lowest BCUT2D eigenvalue weighted by Gasteiger charge is -2.49. The minimum Gasteiger partial charge on any atom is -0.497 e. The standard InChI is InChI=1S/C30H32N2O3S/c1-30-12-11-22-21-10-8-20(34-2)15-18(21)7-9-23(22)24(30)16-25-27(30)26-28(36-25)31-17-32(29(26)33)13-3-5-19-6-4-14-35-19/h4,6,8,10,14-15,17,22-24H,3,5,7,9,11-13,16H2,1-2H3/t22-,23-,24+,30-/m1/s1. The zero-order chi connectivity index (χ0) is 24.4. The molecule has 36 heavy (non-hydrogen) atoms. The molecule has 3 heterocycles. The van der Waals surface area contributed by atoms with E-state index in [0.29, 0.717) is 24.3 Å². The molecular weight excluding hydrogens is 468 g/mol. The van der Waals surface area contributed by atoms with Crippen LogP contribution in [-0.2, 0) is 31.2 Å². The van der Waals surface area contributed by atoms with Gasteiger partial charge < -0.3 is 9.15 Å². The minimum absolute atomic E-state index is 0.0624. The van der Waals surface area contributed by atoms with Gasteiger partial charge in [0.15, 0.2) is 0 Å². The van der Waals surface area contributed by atoms with Gasteiger partial charge in [0.2, 0.25) is 0 Å². The van der Waals surface area contributed by atoms with E-state index < -0.39 is 0 Å². The van der Waals surface area contributed by atoms with E-state index in [-0.39, 0.29) is 11.0 Å². The Kier molecular flexibility index (Phi) is 5.18. The number of rotatable bonds is 5. The number of hydrogen-bond donors (Lipinski definition) is 0. The van der Waals surface area contributed by atoms with Gasteiger partial charge in [0.1, 0.15) is 16.3 Å². The van der Waals surface area contributed by atoms with Gasteiger partial charge in [-0.2, -0.15) is 0 Å².